The Morgan fingerprint density at radius 2 is 1.56 bits per heavy atom. The Labute approximate surface area is 201 Å². The maximum atomic E-state index is 12.7. The average Bonchev–Trinajstić information content (AvgIpc) is 3.31. The Balaban J connectivity index is 1.59. The van der Waals surface area contributed by atoms with Crippen molar-refractivity contribution in [3.8, 4) is 34.3 Å². The molecule has 1 aromatic heterocycles. The van der Waals surface area contributed by atoms with Crippen molar-refractivity contribution in [3.05, 3.63) is 72.8 Å². The number of anilines is 1. The van der Waals surface area contributed by atoms with Gasteiger partial charge in [-0.3, -0.25) is 9.36 Å². The lowest BCUT2D eigenvalue weighted by molar-refractivity contribution is -0.113. The molecule has 1 N–H and O–H groups in total. The van der Waals surface area contributed by atoms with Crippen LogP contribution in [0.15, 0.2) is 78.0 Å². The number of aromatic nitrogens is 3. The molecule has 0 aliphatic carbocycles. The van der Waals surface area contributed by atoms with Crippen molar-refractivity contribution in [3.63, 3.8) is 0 Å². The molecule has 0 aliphatic heterocycles. The minimum Gasteiger partial charge on any atom is -0.497 e. The fraction of sp³-hybridized carbons (Fsp3) is 0.160. The van der Waals surface area contributed by atoms with Gasteiger partial charge in [0.2, 0.25) is 5.91 Å². The molecule has 0 saturated carbocycles. The highest BCUT2D eigenvalue weighted by Gasteiger charge is 2.19. The monoisotopic (exact) mass is 476 g/mol. The zero-order chi connectivity index (χ0) is 23.9. The van der Waals surface area contributed by atoms with Crippen molar-refractivity contribution in [2.45, 2.75) is 5.16 Å². The Morgan fingerprint density at radius 1 is 0.882 bits per heavy atom. The zero-order valence-electron chi connectivity index (χ0n) is 19.0. The van der Waals surface area contributed by atoms with E-state index in [4.69, 9.17) is 14.2 Å². The van der Waals surface area contributed by atoms with E-state index in [1.54, 1.807) is 39.5 Å². The molecule has 1 heterocycles. The molecule has 4 aromatic rings. The standard InChI is InChI=1S/C25H24N4O4S/c1-31-19-13-17(14-20(15-19)32-2)26-23(30)16-34-25-28-27-24(21-11-7-8-12-22(21)33-3)29(25)18-9-5-4-6-10-18/h4-15H,16H2,1-3H3,(H,26,30). The number of nitrogens with one attached hydrogen (secondary N) is 1. The summed E-state index contributed by atoms with van der Waals surface area (Å²) in [6.45, 7) is 0. The topological polar surface area (TPSA) is 87.5 Å². The van der Waals surface area contributed by atoms with E-state index in [9.17, 15) is 4.79 Å². The predicted molar refractivity (Wildman–Crippen MR) is 132 cm³/mol. The first-order valence-corrected chi connectivity index (χ1v) is 11.4. The molecule has 0 aliphatic rings. The second-order valence-electron chi connectivity index (χ2n) is 7.12. The first-order valence-electron chi connectivity index (χ1n) is 10.4. The SMILES string of the molecule is COc1cc(NC(=O)CSc2nnc(-c3ccccc3OC)n2-c2ccccc2)cc(OC)c1. The van der Waals surface area contributed by atoms with Crippen LogP contribution in [0.2, 0.25) is 0 Å². The fourth-order valence-corrected chi connectivity index (χ4v) is 4.14. The third-order valence-electron chi connectivity index (χ3n) is 4.96. The largest absolute Gasteiger partial charge is 0.497 e. The summed E-state index contributed by atoms with van der Waals surface area (Å²) in [7, 11) is 4.74. The van der Waals surface area contributed by atoms with Gasteiger partial charge in [0, 0.05) is 29.6 Å². The van der Waals surface area contributed by atoms with E-state index in [0.717, 1.165) is 11.3 Å². The molecule has 1 amide bonds. The van der Waals surface area contributed by atoms with Crippen LogP contribution in [0.4, 0.5) is 5.69 Å². The number of thioether (sulfide) groups is 1. The van der Waals surface area contributed by atoms with Crippen molar-refractivity contribution in [2.24, 2.45) is 0 Å². The molecule has 9 heteroatoms. The molecular weight excluding hydrogens is 452 g/mol. The summed E-state index contributed by atoms with van der Waals surface area (Å²) in [4.78, 5) is 12.7. The van der Waals surface area contributed by atoms with Gasteiger partial charge in [-0.1, -0.05) is 42.1 Å². The molecule has 8 nitrogen and oxygen atoms in total. The second kappa shape index (κ2) is 10.8. The highest BCUT2D eigenvalue weighted by atomic mass is 32.2. The first kappa shape index (κ1) is 23.2. The number of hydrogen-bond donors (Lipinski definition) is 1. The Bertz CT molecular complexity index is 1250. The lowest BCUT2D eigenvalue weighted by atomic mass is 10.2. The van der Waals surface area contributed by atoms with Gasteiger partial charge in [0.05, 0.1) is 32.6 Å². The van der Waals surface area contributed by atoms with E-state index < -0.39 is 0 Å². The van der Waals surface area contributed by atoms with Gasteiger partial charge < -0.3 is 19.5 Å². The number of ether oxygens (including phenoxy) is 3. The smallest absolute Gasteiger partial charge is 0.234 e. The lowest BCUT2D eigenvalue weighted by Crippen LogP contribution is -2.14. The fourth-order valence-electron chi connectivity index (χ4n) is 3.38. The predicted octanol–water partition coefficient (Wildman–Crippen LogP) is 4.69. The van der Waals surface area contributed by atoms with E-state index in [1.165, 1.54) is 11.8 Å². The molecule has 0 fully saturated rings. The Hall–Kier alpha value is -3.98. The maximum Gasteiger partial charge on any atom is 0.234 e. The number of rotatable bonds is 9. The summed E-state index contributed by atoms with van der Waals surface area (Å²) >= 11 is 1.29. The minimum atomic E-state index is -0.193. The number of methoxy groups -OCH3 is 3. The molecule has 0 bridgehead atoms. The van der Waals surface area contributed by atoms with Crippen molar-refractivity contribution >= 4 is 23.4 Å². The number of hydrogen-bond acceptors (Lipinski definition) is 7. The van der Waals surface area contributed by atoms with Gasteiger partial charge in [0.25, 0.3) is 0 Å². The van der Waals surface area contributed by atoms with Gasteiger partial charge in [-0.25, -0.2) is 0 Å². The summed E-state index contributed by atoms with van der Waals surface area (Å²) in [5.74, 6) is 2.44. The van der Waals surface area contributed by atoms with E-state index in [0.29, 0.717) is 33.9 Å². The van der Waals surface area contributed by atoms with Crippen LogP contribution in [0, 0.1) is 0 Å². The van der Waals surface area contributed by atoms with Crippen molar-refractivity contribution in [1.29, 1.82) is 0 Å². The van der Waals surface area contributed by atoms with E-state index in [-0.39, 0.29) is 11.7 Å². The van der Waals surface area contributed by atoms with Gasteiger partial charge in [0.1, 0.15) is 17.2 Å². The Morgan fingerprint density at radius 3 is 2.24 bits per heavy atom. The van der Waals surface area contributed by atoms with Crippen LogP contribution < -0.4 is 19.5 Å². The van der Waals surface area contributed by atoms with Crippen LogP contribution >= 0.6 is 11.8 Å². The summed E-state index contributed by atoms with van der Waals surface area (Å²) in [5, 5.41) is 12.3. The number of amides is 1. The van der Waals surface area contributed by atoms with Crippen LogP contribution in [0.3, 0.4) is 0 Å². The quantitative estimate of drug-likeness (QED) is 0.351. The van der Waals surface area contributed by atoms with Crippen molar-refractivity contribution in [1.82, 2.24) is 14.8 Å². The average molecular weight is 477 g/mol. The summed E-state index contributed by atoms with van der Waals surface area (Å²) in [6.07, 6.45) is 0. The highest BCUT2D eigenvalue weighted by molar-refractivity contribution is 7.99. The molecule has 0 atom stereocenters. The third-order valence-corrected chi connectivity index (χ3v) is 5.89. The number of carbonyl (C=O) groups is 1. The van der Waals surface area contributed by atoms with E-state index >= 15 is 0 Å². The maximum absolute atomic E-state index is 12.7. The zero-order valence-corrected chi connectivity index (χ0v) is 19.8. The molecule has 174 valence electrons. The number of benzene rings is 3. The minimum absolute atomic E-state index is 0.135. The molecule has 34 heavy (non-hydrogen) atoms. The normalized spacial score (nSPS) is 10.6. The third kappa shape index (κ3) is 5.15. The summed E-state index contributed by atoms with van der Waals surface area (Å²) in [5.41, 5.74) is 2.27. The summed E-state index contributed by atoms with van der Waals surface area (Å²) in [6, 6.07) is 22.6. The van der Waals surface area contributed by atoms with Crippen LogP contribution in [0.5, 0.6) is 17.2 Å². The van der Waals surface area contributed by atoms with E-state index in [1.807, 2.05) is 59.2 Å². The second-order valence-corrected chi connectivity index (χ2v) is 8.06. The van der Waals surface area contributed by atoms with Crippen LogP contribution in [0.1, 0.15) is 0 Å². The molecule has 0 radical (unpaired) electrons. The van der Waals surface area contributed by atoms with Gasteiger partial charge in [-0.05, 0) is 24.3 Å². The number of nitrogens with zero attached hydrogens (tertiary/aromatic N) is 3. The molecule has 4 rings (SSSR count). The molecule has 3 aromatic carbocycles. The first-order chi connectivity index (χ1) is 16.6. The Kier molecular flexibility index (Phi) is 7.34. The van der Waals surface area contributed by atoms with Gasteiger partial charge in [-0.15, -0.1) is 10.2 Å². The summed E-state index contributed by atoms with van der Waals surface area (Å²) < 4.78 is 18.0. The van der Waals surface area contributed by atoms with Gasteiger partial charge >= 0.3 is 0 Å². The van der Waals surface area contributed by atoms with E-state index in [2.05, 4.69) is 15.5 Å². The number of carbonyl (C=O) groups excluding carboxylic acids is 1. The van der Waals surface area contributed by atoms with Gasteiger partial charge in [0.15, 0.2) is 11.0 Å². The molecule has 0 spiro atoms. The highest BCUT2D eigenvalue weighted by Crippen LogP contribution is 2.33. The molecule has 0 saturated heterocycles. The molecule has 0 unspecified atom stereocenters. The van der Waals surface area contributed by atoms with Crippen LogP contribution in [-0.4, -0.2) is 47.8 Å². The number of para-hydroxylation sites is 2. The van der Waals surface area contributed by atoms with Crippen LogP contribution in [-0.2, 0) is 4.79 Å². The van der Waals surface area contributed by atoms with Crippen molar-refractivity contribution < 1.29 is 19.0 Å². The molecular formula is C25H24N4O4S. The van der Waals surface area contributed by atoms with Gasteiger partial charge in [-0.2, -0.15) is 0 Å². The van der Waals surface area contributed by atoms with Crippen LogP contribution in [0.25, 0.3) is 17.1 Å². The van der Waals surface area contributed by atoms with Crippen molar-refractivity contribution in [2.75, 3.05) is 32.4 Å². The lowest BCUT2D eigenvalue weighted by Gasteiger charge is -2.12.